The van der Waals surface area contributed by atoms with Gasteiger partial charge < -0.3 is 0 Å². The van der Waals surface area contributed by atoms with Gasteiger partial charge in [0.25, 0.3) is 0 Å². The van der Waals surface area contributed by atoms with Crippen LogP contribution in [0.15, 0.2) is 79.0 Å². The summed E-state index contributed by atoms with van der Waals surface area (Å²) in [6.45, 7) is 2.16. The van der Waals surface area contributed by atoms with Gasteiger partial charge in [-0.1, -0.05) is 66.7 Å². The maximum absolute atomic E-state index is 4.99. The van der Waals surface area contributed by atoms with E-state index in [0.29, 0.717) is 0 Å². The molecule has 0 aliphatic heterocycles. The van der Waals surface area contributed by atoms with Gasteiger partial charge in [-0.25, -0.2) is 4.98 Å². The van der Waals surface area contributed by atoms with E-state index in [1.54, 1.807) is 0 Å². The lowest BCUT2D eigenvalue weighted by molar-refractivity contribution is 1.27. The van der Waals surface area contributed by atoms with E-state index in [9.17, 15) is 0 Å². The van der Waals surface area contributed by atoms with Crippen LogP contribution in [0.2, 0.25) is 0 Å². The third-order valence-electron chi connectivity index (χ3n) is 4.73. The molecule has 0 spiro atoms. The summed E-state index contributed by atoms with van der Waals surface area (Å²) in [5.41, 5.74) is 5.64. The molecule has 0 amide bonds. The van der Waals surface area contributed by atoms with Crippen molar-refractivity contribution < 1.29 is 0 Å². The Bertz CT molecular complexity index is 1200. The minimum Gasteiger partial charge on any atom is -0.298 e. The van der Waals surface area contributed by atoms with Crippen molar-refractivity contribution in [3.8, 4) is 11.3 Å². The molecule has 24 heavy (non-hydrogen) atoms. The lowest BCUT2D eigenvalue weighted by Crippen LogP contribution is -1.91. The largest absolute Gasteiger partial charge is 0.298 e. The summed E-state index contributed by atoms with van der Waals surface area (Å²) in [4.78, 5) is 4.99. The third kappa shape index (κ3) is 1.80. The maximum Gasteiger partial charge on any atom is 0.146 e. The first kappa shape index (κ1) is 13.3. The fraction of sp³-hybridized carbons (Fsp3) is 0.0455. The summed E-state index contributed by atoms with van der Waals surface area (Å²) in [7, 11) is 0. The minimum absolute atomic E-state index is 1.01. The standard InChI is InChI=1S/C22H16N2/c1-15-8-7-12-18-17-11-5-6-13-20(17)24-14-19(23-22(24)21(15)18)16-9-3-2-4-10-16/h2-14H,1H3. The number of pyridine rings is 1. The van der Waals surface area contributed by atoms with Crippen LogP contribution in [0, 0.1) is 6.92 Å². The predicted octanol–water partition coefficient (Wildman–Crippen LogP) is 5.62. The van der Waals surface area contributed by atoms with Crippen molar-refractivity contribution in [1.82, 2.24) is 9.38 Å². The summed E-state index contributed by atoms with van der Waals surface area (Å²) >= 11 is 0. The van der Waals surface area contributed by atoms with Crippen LogP contribution in [-0.2, 0) is 0 Å². The van der Waals surface area contributed by atoms with E-state index in [1.165, 1.54) is 27.2 Å². The zero-order valence-corrected chi connectivity index (χ0v) is 13.4. The van der Waals surface area contributed by atoms with E-state index in [-0.39, 0.29) is 0 Å². The van der Waals surface area contributed by atoms with Crippen molar-refractivity contribution in [2.24, 2.45) is 0 Å². The number of fused-ring (bicyclic) bond motifs is 6. The molecule has 3 aromatic carbocycles. The van der Waals surface area contributed by atoms with Crippen molar-refractivity contribution >= 4 is 27.3 Å². The second-order valence-electron chi connectivity index (χ2n) is 6.20. The van der Waals surface area contributed by atoms with E-state index in [2.05, 4.69) is 84.3 Å². The van der Waals surface area contributed by atoms with Crippen molar-refractivity contribution in [2.75, 3.05) is 0 Å². The molecule has 0 saturated heterocycles. The van der Waals surface area contributed by atoms with Crippen LogP contribution < -0.4 is 0 Å². The normalized spacial score (nSPS) is 11.5. The number of para-hydroxylation sites is 1. The molecule has 5 aromatic rings. The molecule has 0 aliphatic rings. The van der Waals surface area contributed by atoms with Gasteiger partial charge in [0.1, 0.15) is 5.65 Å². The molecule has 2 heterocycles. The van der Waals surface area contributed by atoms with Crippen molar-refractivity contribution in [3.05, 3.63) is 84.6 Å². The summed E-state index contributed by atoms with van der Waals surface area (Å²) in [5, 5.41) is 3.77. The molecule has 0 atom stereocenters. The number of aromatic nitrogens is 2. The highest BCUT2D eigenvalue weighted by atomic mass is 15.0. The first-order valence-electron chi connectivity index (χ1n) is 8.17. The van der Waals surface area contributed by atoms with Gasteiger partial charge in [0, 0.05) is 22.5 Å². The van der Waals surface area contributed by atoms with E-state index >= 15 is 0 Å². The van der Waals surface area contributed by atoms with Crippen LogP contribution in [0.1, 0.15) is 5.56 Å². The molecule has 0 radical (unpaired) electrons. The molecule has 5 rings (SSSR count). The van der Waals surface area contributed by atoms with Crippen LogP contribution >= 0.6 is 0 Å². The molecule has 0 N–H and O–H groups in total. The Balaban J connectivity index is 2.02. The highest BCUT2D eigenvalue weighted by Gasteiger charge is 2.13. The lowest BCUT2D eigenvalue weighted by atomic mass is 10.0. The van der Waals surface area contributed by atoms with E-state index < -0.39 is 0 Å². The molecular weight excluding hydrogens is 292 g/mol. The lowest BCUT2D eigenvalue weighted by Gasteiger charge is -2.09. The number of nitrogens with zero attached hydrogens (tertiary/aromatic N) is 2. The van der Waals surface area contributed by atoms with Crippen LogP contribution in [0.4, 0.5) is 0 Å². The predicted molar refractivity (Wildman–Crippen MR) is 100 cm³/mol. The van der Waals surface area contributed by atoms with Gasteiger partial charge in [-0.3, -0.25) is 4.40 Å². The smallest absolute Gasteiger partial charge is 0.146 e. The number of benzene rings is 3. The van der Waals surface area contributed by atoms with Gasteiger partial charge in [0.2, 0.25) is 0 Å². The summed E-state index contributed by atoms with van der Waals surface area (Å²) < 4.78 is 2.23. The molecule has 2 heteroatoms. The number of rotatable bonds is 1. The average Bonchev–Trinajstić information content (AvgIpc) is 3.08. The summed E-state index contributed by atoms with van der Waals surface area (Å²) in [6, 6.07) is 25.4. The second-order valence-corrected chi connectivity index (χ2v) is 6.20. The van der Waals surface area contributed by atoms with Crippen molar-refractivity contribution in [3.63, 3.8) is 0 Å². The SMILES string of the molecule is Cc1cccc2c3ccccc3n3cc(-c4ccccc4)nc3c12. The van der Waals surface area contributed by atoms with Gasteiger partial charge in [0.15, 0.2) is 0 Å². The van der Waals surface area contributed by atoms with Crippen molar-refractivity contribution in [1.29, 1.82) is 0 Å². The molecule has 0 fully saturated rings. The van der Waals surface area contributed by atoms with Gasteiger partial charge in [0.05, 0.1) is 11.2 Å². The van der Waals surface area contributed by atoms with Gasteiger partial charge >= 0.3 is 0 Å². The Morgan fingerprint density at radius 1 is 0.750 bits per heavy atom. The molecule has 0 saturated carbocycles. The van der Waals surface area contributed by atoms with Crippen LogP contribution in [0.5, 0.6) is 0 Å². The van der Waals surface area contributed by atoms with Crippen LogP contribution in [0.3, 0.4) is 0 Å². The first-order chi connectivity index (χ1) is 11.8. The van der Waals surface area contributed by atoms with E-state index in [1.807, 2.05) is 6.07 Å². The van der Waals surface area contributed by atoms with E-state index in [0.717, 1.165) is 16.9 Å². The maximum atomic E-state index is 4.99. The molecule has 0 aliphatic carbocycles. The van der Waals surface area contributed by atoms with Crippen LogP contribution in [-0.4, -0.2) is 9.38 Å². The molecular formula is C22H16N2. The summed E-state index contributed by atoms with van der Waals surface area (Å²) in [6.07, 6.45) is 2.15. The second kappa shape index (κ2) is 4.93. The number of imidazole rings is 1. The molecule has 0 bridgehead atoms. The average molecular weight is 308 g/mol. The zero-order chi connectivity index (χ0) is 16.1. The fourth-order valence-corrected chi connectivity index (χ4v) is 3.59. The topological polar surface area (TPSA) is 17.3 Å². The number of hydrogen-bond acceptors (Lipinski definition) is 1. The highest BCUT2D eigenvalue weighted by Crippen LogP contribution is 2.32. The Labute approximate surface area is 140 Å². The molecule has 114 valence electrons. The Kier molecular flexibility index (Phi) is 2.74. The molecule has 2 aromatic heterocycles. The Morgan fingerprint density at radius 3 is 2.38 bits per heavy atom. The molecule has 0 unspecified atom stereocenters. The monoisotopic (exact) mass is 308 g/mol. The zero-order valence-electron chi connectivity index (χ0n) is 13.4. The van der Waals surface area contributed by atoms with Gasteiger partial charge in [-0.05, 0) is 23.9 Å². The fourth-order valence-electron chi connectivity index (χ4n) is 3.59. The number of aryl methyl sites for hydroxylation is 1. The van der Waals surface area contributed by atoms with Crippen LogP contribution in [0.25, 0.3) is 38.6 Å². The third-order valence-corrected chi connectivity index (χ3v) is 4.73. The Morgan fingerprint density at radius 2 is 1.50 bits per heavy atom. The minimum atomic E-state index is 1.01. The van der Waals surface area contributed by atoms with Crippen molar-refractivity contribution in [2.45, 2.75) is 6.92 Å². The van der Waals surface area contributed by atoms with Gasteiger partial charge in [-0.15, -0.1) is 0 Å². The van der Waals surface area contributed by atoms with E-state index in [4.69, 9.17) is 4.98 Å². The van der Waals surface area contributed by atoms with Gasteiger partial charge in [-0.2, -0.15) is 0 Å². The first-order valence-corrected chi connectivity index (χ1v) is 8.17. The Hall–Kier alpha value is -3.13. The highest BCUT2D eigenvalue weighted by molar-refractivity contribution is 6.13. The summed E-state index contributed by atoms with van der Waals surface area (Å²) in [5.74, 6) is 0. The molecule has 2 nitrogen and oxygen atoms in total. The quantitative estimate of drug-likeness (QED) is 0.368. The number of hydrogen-bond donors (Lipinski definition) is 0.